The van der Waals surface area contributed by atoms with Gasteiger partial charge in [0.1, 0.15) is 29.5 Å². The maximum absolute atomic E-state index is 13.3. The van der Waals surface area contributed by atoms with Crippen LogP contribution in [-0.2, 0) is 29.5 Å². The van der Waals surface area contributed by atoms with Crippen LogP contribution >= 0.6 is 0 Å². The van der Waals surface area contributed by atoms with E-state index in [0.717, 1.165) is 36.0 Å². The van der Waals surface area contributed by atoms with Gasteiger partial charge in [-0.3, -0.25) is 18.5 Å². The molecule has 7 aromatic carbocycles. The molecule has 11 aromatic rings. The highest BCUT2D eigenvalue weighted by molar-refractivity contribution is 7.91. The second-order valence-corrected chi connectivity index (χ2v) is 29.3. The first-order chi connectivity index (χ1) is 46.7. The molecule has 28 heteroatoms. The first-order valence-electron chi connectivity index (χ1n) is 30.9. The zero-order valence-electron chi connectivity index (χ0n) is 55.5. The van der Waals surface area contributed by atoms with Gasteiger partial charge in [-0.2, -0.15) is 0 Å². The average Bonchev–Trinajstić information content (AvgIpc) is 1.60. The number of para-hydroxylation sites is 2. The van der Waals surface area contributed by atoms with E-state index in [1.165, 1.54) is 34.2 Å². The van der Waals surface area contributed by atoms with Crippen LogP contribution in [0.4, 0.5) is 4.39 Å². The summed E-state index contributed by atoms with van der Waals surface area (Å²) in [6.45, 7) is 8.48. The van der Waals surface area contributed by atoms with Gasteiger partial charge in [0.25, 0.3) is 0 Å². The number of imidazole rings is 3. The van der Waals surface area contributed by atoms with Crippen molar-refractivity contribution in [2.45, 2.75) is 52.2 Å². The number of fused-ring (bicyclic) bond motifs is 3. The molecular weight excluding hydrogens is 1320 g/mol. The van der Waals surface area contributed by atoms with Gasteiger partial charge >= 0.3 is 17.1 Å². The monoisotopic (exact) mass is 1400 g/mol. The maximum atomic E-state index is 13.3. The zero-order valence-corrected chi connectivity index (χ0v) is 57.9. The van der Waals surface area contributed by atoms with Gasteiger partial charge in [0.15, 0.2) is 51.9 Å². The number of ketones is 1. The van der Waals surface area contributed by atoms with E-state index in [9.17, 15) is 48.8 Å². The van der Waals surface area contributed by atoms with Crippen LogP contribution in [0, 0.1) is 5.82 Å². The number of ether oxygens (including phenoxy) is 6. The van der Waals surface area contributed by atoms with Crippen molar-refractivity contribution in [3.63, 3.8) is 0 Å². The van der Waals surface area contributed by atoms with E-state index in [1.807, 2.05) is 69.3 Å². The third-order valence-electron chi connectivity index (χ3n) is 15.7. The van der Waals surface area contributed by atoms with Crippen LogP contribution in [0.5, 0.6) is 34.5 Å². The second-order valence-electron chi connectivity index (χ2n) is 22.8. The Morgan fingerprint density at radius 1 is 0.469 bits per heavy atom. The van der Waals surface area contributed by atoms with Crippen molar-refractivity contribution in [1.82, 2.24) is 38.6 Å². The zero-order chi connectivity index (χ0) is 70.8. The van der Waals surface area contributed by atoms with Crippen molar-refractivity contribution in [3.05, 3.63) is 211 Å². The summed E-state index contributed by atoms with van der Waals surface area (Å²) in [6.07, 6.45) is 5.83. The standard InChI is InChI=1S/C25H26N2O5S.C23H23FN4O5S.C22H26N2O6S/c1-4-32-23-15-18(13-14-22(23)31-2)21(16-33(3,29)30)27-20-12-8-11-19(24(20)26-25(27)28)17-9-6-5-7-10-17;1-4-33-20-10-14(8-9-19(20)32-2)18(13-34(3,30)31)28-17-7-5-6-16(21(17)27-23(28)29)22-25-11-15(24)12-26-22;1-5-19(25)15-7-9-17-16(11-15)23-22(26)24(17)18(13-31(4,27)28)14-8-10-20(29-3)21(12-14)30-6-2/h5-15,21H,4,16H2,1-3H3,(H,26,28);5-12,18H,4,13H2,1-3H3,(H,27,29);7-12,18H,5-6,13H2,1-4H3,(H,23,26)/t21-;2*18-/m000/s1. The number of aromatic amines is 3. The Labute approximate surface area is 564 Å². The number of aromatic nitrogens is 8. The predicted molar refractivity (Wildman–Crippen MR) is 375 cm³/mol. The molecule has 0 saturated heterocycles. The summed E-state index contributed by atoms with van der Waals surface area (Å²) in [6, 6.07) is 38.4. The van der Waals surface area contributed by atoms with E-state index in [4.69, 9.17) is 28.4 Å². The normalized spacial score (nSPS) is 12.6. The van der Waals surface area contributed by atoms with Crippen molar-refractivity contribution < 1.29 is 62.9 Å². The number of nitrogens with zero attached hydrogens (tertiary/aromatic N) is 5. The molecule has 0 aliphatic carbocycles. The Morgan fingerprint density at radius 2 is 0.867 bits per heavy atom. The smallest absolute Gasteiger partial charge is 0.327 e. The number of halogens is 1. The Bertz CT molecular complexity index is 5240. The molecular formula is C70H75FN8O16S3. The van der Waals surface area contributed by atoms with Crippen LogP contribution in [0.25, 0.3) is 55.6 Å². The maximum Gasteiger partial charge on any atom is 0.327 e. The van der Waals surface area contributed by atoms with Gasteiger partial charge < -0.3 is 43.4 Å². The molecule has 0 radical (unpaired) electrons. The van der Waals surface area contributed by atoms with Crippen molar-refractivity contribution in [3.8, 4) is 57.0 Å². The number of sulfone groups is 3. The van der Waals surface area contributed by atoms with E-state index < -0.39 is 64.8 Å². The molecule has 3 atom stereocenters. The third kappa shape index (κ3) is 16.7. The molecule has 0 bridgehead atoms. The molecule has 4 aromatic heterocycles. The molecule has 11 rings (SSSR count). The quantitative estimate of drug-likeness (QED) is 0.0448. The van der Waals surface area contributed by atoms with Gasteiger partial charge in [0, 0.05) is 41.9 Å². The number of hydrogen-bond donors (Lipinski definition) is 3. The first kappa shape index (κ1) is 72.0. The lowest BCUT2D eigenvalue weighted by atomic mass is 10.0. The lowest BCUT2D eigenvalue weighted by Gasteiger charge is -2.20. The van der Waals surface area contributed by atoms with Crippen molar-refractivity contribution in [2.75, 3.05) is 77.2 Å². The Kier molecular flexibility index (Phi) is 22.6. The fraction of sp³-hybridized carbons (Fsp3) is 0.286. The molecule has 0 unspecified atom stereocenters. The molecule has 0 fully saturated rings. The van der Waals surface area contributed by atoms with Gasteiger partial charge in [-0.1, -0.05) is 73.7 Å². The average molecular weight is 1400 g/mol. The predicted octanol–water partition coefficient (Wildman–Crippen LogP) is 9.97. The van der Waals surface area contributed by atoms with Crippen LogP contribution in [0.3, 0.4) is 0 Å². The fourth-order valence-electron chi connectivity index (χ4n) is 11.6. The van der Waals surface area contributed by atoms with Crippen LogP contribution in [0.1, 0.15) is 79.3 Å². The summed E-state index contributed by atoms with van der Waals surface area (Å²) in [4.78, 5) is 67.8. The van der Waals surface area contributed by atoms with Crippen molar-refractivity contribution in [1.29, 1.82) is 0 Å². The molecule has 0 spiro atoms. The number of Topliss-reactive ketones (excluding diaryl/α,β-unsaturated/α-hetero) is 1. The van der Waals surface area contributed by atoms with Gasteiger partial charge in [0.2, 0.25) is 0 Å². The highest BCUT2D eigenvalue weighted by atomic mass is 32.2. The lowest BCUT2D eigenvalue weighted by molar-refractivity contribution is 0.0988. The number of rotatable bonds is 25. The number of carbonyl (C=O) groups excluding carboxylic acids is 1. The first-order valence-corrected chi connectivity index (χ1v) is 37.1. The fourth-order valence-corrected chi connectivity index (χ4v) is 14.3. The Hall–Kier alpha value is -10.3. The largest absolute Gasteiger partial charge is 0.493 e. The Balaban J connectivity index is 0.000000172. The molecule has 0 aliphatic heterocycles. The SMILES string of the molecule is CCOc1cc([C@H](CS(C)(=O)=O)n2c(=O)[nH]c3c(-c4ccccc4)cccc32)ccc1OC.CCOc1cc([C@H](CS(C)(=O)=O)n2c(=O)[nH]c3c(-c4ncc(F)cn4)cccc32)ccc1OC.CCOc1cc([C@H](CS(C)(=O)=O)n2c(=O)[nH]c3cc(C(=O)CC)ccc32)ccc1OC. The Morgan fingerprint density at radius 3 is 1.27 bits per heavy atom. The number of carbonyl (C=O) groups is 1. The molecule has 516 valence electrons. The van der Waals surface area contributed by atoms with Gasteiger partial charge in [-0.25, -0.2) is 54.0 Å². The molecule has 4 heterocycles. The number of methoxy groups -OCH3 is 3. The van der Waals surface area contributed by atoms with Crippen LogP contribution in [0.15, 0.2) is 166 Å². The summed E-state index contributed by atoms with van der Waals surface area (Å²) in [5.41, 5.74) is 6.38. The summed E-state index contributed by atoms with van der Waals surface area (Å²) in [5.74, 6) is 1.69. The molecule has 0 saturated carbocycles. The number of nitrogens with one attached hydrogen (secondary N) is 3. The molecule has 3 N–H and O–H groups in total. The summed E-state index contributed by atoms with van der Waals surface area (Å²) < 4.78 is 125. The van der Waals surface area contributed by atoms with Gasteiger partial charge in [0.05, 0.1) is 122 Å². The van der Waals surface area contributed by atoms with E-state index in [0.29, 0.717) is 122 Å². The van der Waals surface area contributed by atoms with E-state index in [2.05, 4.69) is 24.9 Å². The highest BCUT2D eigenvalue weighted by Gasteiger charge is 2.30. The van der Waals surface area contributed by atoms with Crippen LogP contribution < -0.4 is 45.5 Å². The summed E-state index contributed by atoms with van der Waals surface area (Å²) in [7, 11) is -5.81. The van der Waals surface area contributed by atoms with Crippen molar-refractivity contribution in [2.24, 2.45) is 0 Å². The summed E-state index contributed by atoms with van der Waals surface area (Å²) in [5, 5.41) is 0. The molecule has 0 aliphatic rings. The molecule has 0 amide bonds. The van der Waals surface area contributed by atoms with Gasteiger partial charge in [-0.05, 0) is 116 Å². The number of H-pyrrole nitrogens is 3. The number of benzene rings is 7. The van der Waals surface area contributed by atoms with E-state index in [1.54, 1.807) is 105 Å². The van der Waals surface area contributed by atoms with Crippen molar-refractivity contribution >= 4 is 68.4 Å². The van der Waals surface area contributed by atoms with Crippen LogP contribution in [0.2, 0.25) is 0 Å². The minimum Gasteiger partial charge on any atom is -0.493 e. The van der Waals surface area contributed by atoms with Gasteiger partial charge in [-0.15, -0.1) is 0 Å². The number of hydrogen-bond acceptors (Lipinski definition) is 18. The lowest BCUT2D eigenvalue weighted by Crippen LogP contribution is -2.28. The second kappa shape index (κ2) is 30.8. The topological polar surface area (TPSA) is 314 Å². The van der Waals surface area contributed by atoms with E-state index in [-0.39, 0.29) is 34.6 Å². The highest BCUT2D eigenvalue weighted by Crippen LogP contribution is 2.38. The minimum atomic E-state index is -3.50. The van der Waals surface area contributed by atoms with Crippen LogP contribution in [-0.4, -0.2) is 147 Å². The minimum absolute atomic E-state index is 0.0419. The summed E-state index contributed by atoms with van der Waals surface area (Å²) >= 11 is 0. The molecule has 24 nitrogen and oxygen atoms in total. The third-order valence-corrected chi connectivity index (χ3v) is 18.5. The molecule has 98 heavy (non-hydrogen) atoms. The van der Waals surface area contributed by atoms with E-state index >= 15 is 0 Å².